The molecule has 0 unspecified atom stereocenters. The van der Waals surface area contributed by atoms with E-state index in [2.05, 4.69) is 27.5 Å². The van der Waals surface area contributed by atoms with E-state index in [-0.39, 0.29) is 0 Å². The fourth-order valence-electron chi connectivity index (χ4n) is 1.52. The number of hydrogen-bond donors (Lipinski definition) is 2. The predicted molar refractivity (Wildman–Crippen MR) is 82.6 cm³/mol. The number of halogens is 2. The van der Waals surface area contributed by atoms with Crippen LogP contribution < -0.4 is 10.6 Å². The molecule has 2 rings (SSSR count). The number of pyridine rings is 1. The monoisotopic (exact) mass is 316 g/mol. The fourth-order valence-corrected chi connectivity index (χ4v) is 2.84. The number of nitrogens with one attached hydrogen (secondary N) is 2. The lowest BCUT2D eigenvalue weighted by Gasteiger charge is -2.09. The molecule has 2 aromatic heterocycles. The number of thiazole rings is 1. The molecule has 0 aliphatic carbocycles. The number of aromatic nitrogens is 2. The SMILES string of the molecule is CCc1cnc(CNc2nc(NC)c(Cl)cc2Cl)s1. The zero-order valence-electron chi connectivity index (χ0n) is 10.6. The Balaban J connectivity index is 2.10. The quantitative estimate of drug-likeness (QED) is 0.873. The first-order valence-corrected chi connectivity index (χ1v) is 7.42. The van der Waals surface area contributed by atoms with Crippen molar-refractivity contribution in [1.29, 1.82) is 0 Å². The highest BCUT2D eigenvalue weighted by Gasteiger charge is 2.09. The molecule has 7 heteroatoms. The summed E-state index contributed by atoms with van der Waals surface area (Å²) in [5.41, 5.74) is 0. The van der Waals surface area contributed by atoms with Gasteiger partial charge in [0.25, 0.3) is 0 Å². The largest absolute Gasteiger partial charge is 0.372 e. The molecule has 0 aliphatic rings. The summed E-state index contributed by atoms with van der Waals surface area (Å²) in [7, 11) is 1.76. The lowest BCUT2D eigenvalue weighted by atomic mass is 10.4. The van der Waals surface area contributed by atoms with E-state index in [1.807, 2.05) is 6.20 Å². The van der Waals surface area contributed by atoms with E-state index in [1.165, 1.54) is 4.88 Å². The maximum atomic E-state index is 6.10. The maximum absolute atomic E-state index is 6.10. The molecule has 2 heterocycles. The van der Waals surface area contributed by atoms with E-state index in [0.29, 0.717) is 28.2 Å². The minimum absolute atomic E-state index is 0.497. The molecule has 0 radical (unpaired) electrons. The molecule has 0 aromatic carbocycles. The van der Waals surface area contributed by atoms with E-state index in [9.17, 15) is 0 Å². The molecule has 102 valence electrons. The molecule has 0 bridgehead atoms. The Labute approximate surface area is 126 Å². The maximum Gasteiger partial charge on any atom is 0.147 e. The second-order valence-corrected chi connectivity index (χ2v) is 5.84. The molecule has 19 heavy (non-hydrogen) atoms. The molecule has 0 aliphatic heterocycles. The Bertz CT molecular complexity index is 571. The third-order valence-electron chi connectivity index (χ3n) is 2.52. The third-order valence-corrected chi connectivity index (χ3v) is 4.24. The summed E-state index contributed by atoms with van der Waals surface area (Å²) in [6.07, 6.45) is 2.90. The number of aryl methyl sites for hydroxylation is 1. The number of nitrogens with zero attached hydrogens (tertiary/aromatic N) is 2. The van der Waals surface area contributed by atoms with Gasteiger partial charge in [0.15, 0.2) is 0 Å². The Morgan fingerprint density at radius 1 is 1.26 bits per heavy atom. The van der Waals surface area contributed by atoms with E-state index in [4.69, 9.17) is 23.2 Å². The third kappa shape index (κ3) is 3.49. The topological polar surface area (TPSA) is 49.8 Å². The lowest BCUT2D eigenvalue weighted by Crippen LogP contribution is -2.04. The van der Waals surface area contributed by atoms with Crippen LogP contribution in [0.1, 0.15) is 16.8 Å². The lowest BCUT2D eigenvalue weighted by molar-refractivity contribution is 1.07. The summed E-state index contributed by atoms with van der Waals surface area (Å²) in [4.78, 5) is 9.92. The minimum atomic E-state index is 0.497. The average molecular weight is 317 g/mol. The summed E-state index contributed by atoms with van der Waals surface area (Å²) in [5, 5.41) is 8.10. The van der Waals surface area contributed by atoms with Crippen LogP contribution in [0.4, 0.5) is 11.6 Å². The van der Waals surface area contributed by atoms with Crippen LogP contribution in [-0.2, 0) is 13.0 Å². The molecular weight excluding hydrogens is 303 g/mol. The summed E-state index contributed by atoms with van der Waals surface area (Å²) < 4.78 is 0. The minimum Gasteiger partial charge on any atom is -0.372 e. The second kappa shape index (κ2) is 6.41. The van der Waals surface area contributed by atoms with Gasteiger partial charge in [0.2, 0.25) is 0 Å². The summed E-state index contributed by atoms with van der Waals surface area (Å²) in [6.45, 7) is 2.71. The zero-order chi connectivity index (χ0) is 13.8. The van der Waals surface area contributed by atoms with Crippen molar-refractivity contribution in [2.24, 2.45) is 0 Å². The normalized spacial score (nSPS) is 10.5. The van der Waals surface area contributed by atoms with Gasteiger partial charge in [0.1, 0.15) is 16.6 Å². The summed E-state index contributed by atoms with van der Waals surface area (Å²) in [6, 6.07) is 1.67. The van der Waals surface area contributed by atoms with Gasteiger partial charge < -0.3 is 10.6 Å². The molecule has 0 spiro atoms. The van der Waals surface area contributed by atoms with Crippen molar-refractivity contribution in [3.05, 3.63) is 32.2 Å². The molecule has 0 amide bonds. The summed E-state index contributed by atoms with van der Waals surface area (Å²) >= 11 is 13.8. The van der Waals surface area contributed by atoms with Gasteiger partial charge in [0.05, 0.1) is 16.6 Å². The van der Waals surface area contributed by atoms with Crippen molar-refractivity contribution < 1.29 is 0 Å². The Kier molecular flexibility index (Phi) is 4.85. The van der Waals surface area contributed by atoms with Crippen molar-refractivity contribution in [2.75, 3.05) is 17.7 Å². The standard InChI is InChI=1S/C12H14Cl2N4S/c1-3-7-5-16-10(19-7)6-17-12-9(14)4-8(13)11(15-2)18-12/h4-5H,3,6H2,1-2H3,(H2,15,17,18). The Hall–Kier alpha value is -1.04. The van der Waals surface area contributed by atoms with Crippen molar-refractivity contribution in [2.45, 2.75) is 19.9 Å². The highest BCUT2D eigenvalue weighted by atomic mass is 35.5. The van der Waals surface area contributed by atoms with E-state index in [1.54, 1.807) is 24.5 Å². The molecule has 2 aromatic rings. The van der Waals surface area contributed by atoms with Crippen LogP contribution >= 0.6 is 34.5 Å². The Morgan fingerprint density at radius 2 is 2.00 bits per heavy atom. The van der Waals surface area contributed by atoms with Crippen LogP contribution in [0, 0.1) is 0 Å². The molecule has 2 N–H and O–H groups in total. The predicted octanol–water partition coefficient (Wildman–Crippen LogP) is 4.06. The molecule has 0 atom stereocenters. The van der Waals surface area contributed by atoms with Crippen LogP contribution in [-0.4, -0.2) is 17.0 Å². The zero-order valence-corrected chi connectivity index (χ0v) is 13.0. The number of anilines is 2. The van der Waals surface area contributed by atoms with E-state index >= 15 is 0 Å². The first kappa shape index (κ1) is 14.4. The van der Waals surface area contributed by atoms with Gasteiger partial charge in [-0.3, -0.25) is 0 Å². The van der Waals surface area contributed by atoms with Crippen LogP contribution in [0.3, 0.4) is 0 Å². The van der Waals surface area contributed by atoms with Gasteiger partial charge in [-0.25, -0.2) is 9.97 Å². The average Bonchev–Trinajstić information content (AvgIpc) is 2.86. The first-order valence-electron chi connectivity index (χ1n) is 5.85. The molecular formula is C12H14Cl2N4S. The van der Waals surface area contributed by atoms with Crippen LogP contribution in [0.15, 0.2) is 12.3 Å². The van der Waals surface area contributed by atoms with Crippen LogP contribution in [0.5, 0.6) is 0 Å². The highest BCUT2D eigenvalue weighted by Crippen LogP contribution is 2.29. The number of rotatable bonds is 5. The van der Waals surface area contributed by atoms with Crippen LogP contribution in [0.25, 0.3) is 0 Å². The molecule has 4 nitrogen and oxygen atoms in total. The van der Waals surface area contributed by atoms with Gasteiger partial charge in [-0.1, -0.05) is 30.1 Å². The van der Waals surface area contributed by atoms with Crippen molar-refractivity contribution in [1.82, 2.24) is 9.97 Å². The van der Waals surface area contributed by atoms with Crippen molar-refractivity contribution in [3.8, 4) is 0 Å². The molecule has 0 saturated heterocycles. The van der Waals surface area contributed by atoms with E-state index < -0.39 is 0 Å². The van der Waals surface area contributed by atoms with Crippen LogP contribution in [0.2, 0.25) is 10.0 Å². The van der Waals surface area contributed by atoms with Gasteiger partial charge in [-0.15, -0.1) is 11.3 Å². The first-order chi connectivity index (χ1) is 9.13. The van der Waals surface area contributed by atoms with Gasteiger partial charge in [0, 0.05) is 18.1 Å². The highest BCUT2D eigenvalue weighted by molar-refractivity contribution is 7.11. The fraction of sp³-hybridized carbons (Fsp3) is 0.333. The van der Waals surface area contributed by atoms with Gasteiger partial charge in [-0.05, 0) is 12.5 Å². The molecule has 0 saturated carbocycles. The number of hydrogen-bond acceptors (Lipinski definition) is 5. The second-order valence-electron chi connectivity index (χ2n) is 3.83. The molecule has 0 fully saturated rings. The van der Waals surface area contributed by atoms with Crippen molar-refractivity contribution in [3.63, 3.8) is 0 Å². The summed E-state index contributed by atoms with van der Waals surface area (Å²) in [5.74, 6) is 1.20. The van der Waals surface area contributed by atoms with Gasteiger partial charge >= 0.3 is 0 Å². The van der Waals surface area contributed by atoms with Crippen molar-refractivity contribution >= 4 is 46.2 Å². The smallest absolute Gasteiger partial charge is 0.147 e. The Morgan fingerprint density at radius 3 is 2.63 bits per heavy atom. The van der Waals surface area contributed by atoms with Gasteiger partial charge in [-0.2, -0.15) is 0 Å². The van der Waals surface area contributed by atoms with E-state index in [0.717, 1.165) is 11.4 Å².